The second kappa shape index (κ2) is 3.37. The van der Waals surface area contributed by atoms with Gasteiger partial charge in [-0.05, 0) is 6.07 Å². The number of para-hydroxylation sites is 1. The lowest BCUT2D eigenvalue weighted by Crippen LogP contribution is -2.23. The molecule has 0 N–H and O–H groups in total. The SMILES string of the molecule is F[C@@H]1Oc2ccccc2[C@@H]1OC(F)(F)F. The number of ether oxygens (including phenoxy) is 2. The van der Waals surface area contributed by atoms with Crippen LogP contribution in [0.4, 0.5) is 17.6 Å². The van der Waals surface area contributed by atoms with E-state index < -0.39 is 18.8 Å². The Balaban J connectivity index is 2.26. The molecule has 0 spiro atoms. The number of benzene rings is 1. The van der Waals surface area contributed by atoms with E-state index >= 15 is 0 Å². The molecular formula is C9H6F4O2. The van der Waals surface area contributed by atoms with Crippen molar-refractivity contribution in [1.29, 1.82) is 0 Å². The average molecular weight is 222 g/mol. The summed E-state index contributed by atoms with van der Waals surface area (Å²) in [5, 5.41) is 0. The van der Waals surface area contributed by atoms with Crippen molar-refractivity contribution in [3.05, 3.63) is 29.8 Å². The van der Waals surface area contributed by atoms with Crippen molar-refractivity contribution in [3.8, 4) is 5.75 Å². The van der Waals surface area contributed by atoms with Gasteiger partial charge in [0.05, 0.1) is 0 Å². The summed E-state index contributed by atoms with van der Waals surface area (Å²) in [6, 6.07) is 5.77. The van der Waals surface area contributed by atoms with Gasteiger partial charge >= 0.3 is 6.36 Å². The van der Waals surface area contributed by atoms with Gasteiger partial charge in [0, 0.05) is 5.56 Å². The maximum atomic E-state index is 13.1. The zero-order valence-corrected chi connectivity index (χ0v) is 7.29. The van der Waals surface area contributed by atoms with Crippen molar-refractivity contribution in [2.75, 3.05) is 0 Å². The third-order valence-corrected chi connectivity index (χ3v) is 1.96. The van der Waals surface area contributed by atoms with E-state index in [1.165, 1.54) is 18.2 Å². The highest BCUT2D eigenvalue weighted by Gasteiger charge is 2.43. The summed E-state index contributed by atoms with van der Waals surface area (Å²) in [7, 11) is 0. The lowest BCUT2D eigenvalue weighted by Gasteiger charge is -2.15. The lowest BCUT2D eigenvalue weighted by molar-refractivity contribution is -0.355. The number of hydrogen-bond acceptors (Lipinski definition) is 2. The molecule has 0 radical (unpaired) electrons. The van der Waals surface area contributed by atoms with Crippen LogP contribution in [-0.2, 0) is 4.74 Å². The molecule has 82 valence electrons. The van der Waals surface area contributed by atoms with E-state index in [2.05, 4.69) is 9.47 Å². The Morgan fingerprint density at radius 1 is 1.20 bits per heavy atom. The fourth-order valence-electron chi connectivity index (χ4n) is 1.41. The Morgan fingerprint density at radius 2 is 1.87 bits per heavy atom. The molecule has 1 aromatic carbocycles. The second-order valence-electron chi connectivity index (χ2n) is 2.99. The first-order valence-electron chi connectivity index (χ1n) is 4.11. The van der Waals surface area contributed by atoms with Crippen molar-refractivity contribution < 1.29 is 27.0 Å². The van der Waals surface area contributed by atoms with E-state index in [-0.39, 0.29) is 11.3 Å². The minimum Gasteiger partial charge on any atom is -0.457 e. The molecule has 2 atom stereocenters. The van der Waals surface area contributed by atoms with E-state index in [4.69, 9.17) is 0 Å². The van der Waals surface area contributed by atoms with Crippen LogP contribution in [0.25, 0.3) is 0 Å². The molecule has 0 amide bonds. The van der Waals surface area contributed by atoms with E-state index in [9.17, 15) is 17.6 Å². The van der Waals surface area contributed by atoms with Crippen molar-refractivity contribution in [2.45, 2.75) is 18.8 Å². The number of fused-ring (bicyclic) bond motifs is 1. The van der Waals surface area contributed by atoms with Crippen LogP contribution in [0.15, 0.2) is 24.3 Å². The predicted molar refractivity (Wildman–Crippen MR) is 41.8 cm³/mol. The van der Waals surface area contributed by atoms with Gasteiger partial charge in [0.25, 0.3) is 6.36 Å². The minimum atomic E-state index is -4.88. The van der Waals surface area contributed by atoms with Crippen LogP contribution >= 0.6 is 0 Å². The standard InChI is InChI=1S/C9H6F4O2/c10-8-7(15-9(11,12)13)5-3-1-2-4-6(5)14-8/h1-4,7-8H/t7-,8+/m0/s1. The van der Waals surface area contributed by atoms with Crippen molar-refractivity contribution in [2.24, 2.45) is 0 Å². The number of alkyl halides is 4. The van der Waals surface area contributed by atoms with Gasteiger partial charge in [-0.1, -0.05) is 18.2 Å². The van der Waals surface area contributed by atoms with Gasteiger partial charge in [-0.15, -0.1) is 13.2 Å². The third-order valence-electron chi connectivity index (χ3n) is 1.96. The van der Waals surface area contributed by atoms with Gasteiger partial charge in [-0.3, -0.25) is 4.74 Å². The fraction of sp³-hybridized carbons (Fsp3) is 0.333. The largest absolute Gasteiger partial charge is 0.523 e. The van der Waals surface area contributed by atoms with Crippen LogP contribution in [0, 0.1) is 0 Å². The van der Waals surface area contributed by atoms with E-state index in [0.717, 1.165) is 0 Å². The van der Waals surface area contributed by atoms with Crippen molar-refractivity contribution in [3.63, 3.8) is 0 Å². The summed E-state index contributed by atoms with van der Waals surface area (Å²) >= 11 is 0. The Bertz CT molecular complexity index is 363. The molecule has 1 aliphatic heterocycles. The molecule has 2 nitrogen and oxygen atoms in total. The van der Waals surface area contributed by atoms with Crippen LogP contribution in [0.2, 0.25) is 0 Å². The summed E-state index contributed by atoms with van der Waals surface area (Å²) in [5.41, 5.74) is 0.0716. The molecule has 0 fully saturated rings. The van der Waals surface area contributed by atoms with Crippen molar-refractivity contribution in [1.82, 2.24) is 0 Å². The normalized spacial score (nSPS) is 24.8. The topological polar surface area (TPSA) is 18.5 Å². The highest BCUT2D eigenvalue weighted by atomic mass is 19.4. The summed E-state index contributed by atoms with van der Waals surface area (Å²) in [6.07, 6.45) is -8.74. The molecule has 1 aliphatic rings. The molecule has 0 aromatic heterocycles. The predicted octanol–water partition coefficient (Wildman–Crippen LogP) is 2.95. The van der Waals surface area contributed by atoms with Gasteiger partial charge in [0.2, 0.25) is 0 Å². The summed E-state index contributed by atoms with van der Waals surface area (Å²) in [6.45, 7) is 0. The number of hydrogen-bond donors (Lipinski definition) is 0. The molecule has 0 aliphatic carbocycles. The van der Waals surface area contributed by atoms with E-state index in [0.29, 0.717) is 0 Å². The van der Waals surface area contributed by atoms with Gasteiger partial charge < -0.3 is 4.74 Å². The third kappa shape index (κ3) is 2.04. The van der Waals surface area contributed by atoms with Crippen molar-refractivity contribution >= 4 is 0 Å². The molecule has 1 aromatic rings. The average Bonchev–Trinajstić information content (AvgIpc) is 2.41. The highest BCUT2D eigenvalue weighted by molar-refractivity contribution is 5.38. The van der Waals surface area contributed by atoms with Crippen LogP contribution in [0.1, 0.15) is 11.7 Å². The summed E-state index contributed by atoms with van der Waals surface area (Å²) < 4.78 is 57.1. The number of rotatable bonds is 1. The molecule has 15 heavy (non-hydrogen) atoms. The maximum absolute atomic E-state index is 13.1. The van der Waals surface area contributed by atoms with Gasteiger partial charge in [-0.25, -0.2) is 0 Å². The zero-order valence-electron chi connectivity index (χ0n) is 7.29. The van der Waals surface area contributed by atoms with E-state index in [1.54, 1.807) is 6.07 Å². The lowest BCUT2D eigenvalue weighted by atomic mass is 10.1. The molecule has 0 unspecified atom stereocenters. The van der Waals surface area contributed by atoms with Crippen LogP contribution in [0.3, 0.4) is 0 Å². The molecule has 2 rings (SSSR count). The van der Waals surface area contributed by atoms with Crippen LogP contribution < -0.4 is 4.74 Å². The van der Waals surface area contributed by atoms with Gasteiger partial charge in [-0.2, -0.15) is 4.39 Å². The molecule has 0 saturated carbocycles. The highest BCUT2D eigenvalue weighted by Crippen LogP contribution is 2.42. The minimum absolute atomic E-state index is 0.0716. The first-order chi connectivity index (χ1) is 6.97. The molecule has 1 heterocycles. The Morgan fingerprint density at radius 3 is 2.53 bits per heavy atom. The Hall–Kier alpha value is -1.30. The molecule has 0 bridgehead atoms. The summed E-state index contributed by atoms with van der Waals surface area (Å²) in [5.74, 6) is 0.0826. The fourth-order valence-corrected chi connectivity index (χ4v) is 1.41. The van der Waals surface area contributed by atoms with Gasteiger partial charge in [0.1, 0.15) is 5.75 Å². The first kappa shape index (κ1) is 10.2. The Labute approximate surface area is 82.4 Å². The first-order valence-corrected chi connectivity index (χ1v) is 4.11. The smallest absolute Gasteiger partial charge is 0.457 e. The molecule has 0 saturated heterocycles. The van der Waals surface area contributed by atoms with Crippen LogP contribution in [0.5, 0.6) is 5.75 Å². The monoisotopic (exact) mass is 222 g/mol. The molecule has 6 heteroatoms. The summed E-state index contributed by atoms with van der Waals surface area (Å²) in [4.78, 5) is 0. The zero-order chi connectivity index (χ0) is 11.1. The van der Waals surface area contributed by atoms with Gasteiger partial charge in [0.15, 0.2) is 6.10 Å². The second-order valence-corrected chi connectivity index (χ2v) is 2.99. The quantitative estimate of drug-likeness (QED) is 0.680. The number of halogens is 4. The van der Waals surface area contributed by atoms with E-state index in [1.807, 2.05) is 0 Å². The van der Waals surface area contributed by atoms with Crippen LogP contribution in [-0.4, -0.2) is 12.7 Å². The Kier molecular flexibility index (Phi) is 2.30. The molecular weight excluding hydrogens is 216 g/mol. The maximum Gasteiger partial charge on any atom is 0.523 e.